The third kappa shape index (κ3) is 4.65. The molecule has 0 radical (unpaired) electrons. The van der Waals surface area contributed by atoms with Crippen molar-refractivity contribution in [1.82, 2.24) is 0 Å². The van der Waals surface area contributed by atoms with Gasteiger partial charge in [0.15, 0.2) is 0 Å². The predicted octanol–water partition coefficient (Wildman–Crippen LogP) is 4.50. The molecular weight excluding hydrogens is 306 g/mol. The number of nitro benzene ring substituents is 1. The minimum Gasteiger partial charge on any atom is -0.426 e. The number of non-ortho nitro benzene ring substituents is 1. The van der Waals surface area contributed by atoms with Crippen LogP contribution in [-0.4, -0.2) is 10.9 Å². The molecule has 2 aromatic rings. The van der Waals surface area contributed by atoms with Gasteiger partial charge >= 0.3 is 5.97 Å². The molecule has 5 heteroatoms. The number of rotatable bonds is 6. The summed E-state index contributed by atoms with van der Waals surface area (Å²) < 4.78 is 5.30. The zero-order chi connectivity index (χ0) is 17.7. The molecule has 2 rings (SSSR count). The lowest BCUT2D eigenvalue weighted by molar-refractivity contribution is -0.384. The van der Waals surface area contributed by atoms with Gasteiger partial charge in [0.2, 0.25) is 0 Å². The van der Waals surface area contributed by atoms with Crippen molar-refractivity contribution in [3.63, 3.8) is 0 Å². The summed E-state index contributed by atoms with van der Waals surface area (Å²) in [7, 11) is 0. The van der Waals surface area contributed by atoms with Crippen LogP contribution in [0.5, 0.6) is 5.75 Å². The highest BCUT2D eigenvalue weighted by Crippen LogP contribution is 2.22. The van der Waals surface area contributed by atoms with Crippen LogP contribution in [0.1, 0.15) is 37.8 Å². The molecule has 5 nitrogen and oxygen atoms in total. The van der Waals surface area contributed by atoms with Gasteiger partial charge in [0.25, 0.3) is 5.69 Å². The van der Waals surface area contributed by atoms with Gasteiger partial charge in [-0.1, -0.05) is 38.1 Å². The van der Waals surface area contributed by atoms with Crippen LogP contribution >= 0.6 is 0 Å². The lowest BCUT2D eigenvalue weighted by atomic mass is 9.97. The van der Waals surface area contributed by atoms with Gasteiger partial charge in [0.05, 0.1) is 10.8 Å². The fraction of sp³-hybridized carbons (Fsp3) is 0.316. The maximum atomic E-state index is 12.2. The SMILES string of the molecule is CC(C)Cc1ccc([C@H](C)C(=O)Oc2ccc([N+](=O)[O-])cc2)cc1. The molecule has 1 atom stereocenters. The van der Waals surface area contributed by atoms with Gasteiger partial charge in [0, 0.05) is 12.1 Å². The van der Waals surface area contributed by atoms with Gasteiger partial charge in [-0.3, -0.25) is 14.9 Å². The highest BCUT2D eigenvalue weighted by atomic mass is 16.6. The Morgan fingerprint density at radius 2 is 1.62 bits per heavy atom. The summed E-state index contributed by atoms with van der Waals surface area (Å²) in [5.41, 5.74) is 2.09. The Hall–Kier alpha value is -2.69. The number of carbonyl (C=O) groups excluding carboxylic acids is 1. The van der Waals surface area contributed by atoms with Crippen molar-refractivity contribution in [3.8, 4) is 5.75 Å². The van der Waals surface area contributed by atoms with Crippen LogP contribution < -0.4 is 4.74 Å². The lowest BCUT2D eigenvalue weighted by Crippen LogP contribution is -2.16. The van der Waals surface area contributed by atoms with Crippen molar-refractivity contribution in [2.75, 3.05) is 0 Å². The molecular formula is C19H21NO4. The molecule has 0 aliphatic heterocycles. The standard InChI is InChI=1S/C19H21NO4/c1-13(2)12-15-4-6-16(7-5-15)14(3)19(21)24-18-10-8-17(9-11-18)20(22)23/h4-11,13-14H,12H2,1-3H3/t14-/m0/s1. The van der Waals surface area contributed by atoms with Crippen molar-refractivity contribution in [3.05, 3.63) is 69.8 Å². The first kappa shape index (κ1) is 17.7. The summed E-state index contributed by atoms with van der Waals surface area (Å²) in [6.45, 7) is 6.11. The van der Waals surface area contributed by atoms with Crippen LogP contribution in [-0.2, 0) is 11.2 Å². The molecule has 0 aromatic heterocycles. The van der Waals surface area contributed by atoms with E-state index in [4.69, 9.17) is 4.74 Å². The average molecular weight is 327 g/mol. The van der Waals surface area contributed by atoms with Crippen molar-refractivity contribution in [2.24, 2.45) is 5.92 Å². The Balaban J connectivity index is 2.02. The molecule has 2 aromatic carbocycles. The average Bonchev–Trinajstić information content (AvgIpc) is 2.54. The predicted molar refractivity (Wildman–Crippen MR) is 92.1 cm³/mol. The topological polar surface area (TPSA) is 69.4 Å². The summed E-state index contributed by atoms with van der Waals surface area (Å²) in [5.74, 6) is 0.0861. The number of ether oxygens (including phenoxy) is 1. The highest BCUT2D eigenvalue weighted by Gasteiger charge is 2.18. The van der Waals surface area contributed by atoms with E-state index in [1.165, 1.54) is 29.8 Å². The smallest absolute Gasteiger partial charge is 0.318 e. The lowest BCUT2D eigenvalue weighted by Gasteiger charge is -2.12. The Morgan fingerprint density at radius 1 is 1.04 bits per heavy atom. The molecule has 24 heavy (non-hydrogen) atoms. The molecule has 0 heterocycles. The molecule has 0 unspecified atom stereocenters. The minimum absolute atomic E-state index is 0.0383. The Labute approximate surface area is 141 Å². The first-order chi connectivity index (χ1) is 11.4. The van der Waals surface area contributed by atoms with Crippen LogP contribution in [0.25, 0.3) is 0 Å². The fourth-order valence-electron chi connectivity index (χ4n) is 2.39. The van der Waals surface area contributed by atoms with Crippen LogP contribution in [0, 0.1) is 16.0 Å². The Kier molecular flexibility index (Phi) is 5.68. The summed E-state index contributed by atoms with van der Waals surface area (Å²) in [4.78, 5) is 22.4. The number of esters is 1. The first-order valence-electron chi connectivity index (χ1n) is 7.92. The number of carbonyl (C=O) groups is 1. The van der Waals surface area contributed by atoms with Gasteiger partial charge in [-0.15, -0.1) is 0 Å². The monoisotopic (exact) mass is 327 g/mol. The van der Waals surface area contributed by atoms with Crippen LogP contribution in [0.4, 0.5) is 5.69 Å². The quantitative estimate of drug-likeness (QED) is 0.339. The van der Waals surface area contributed by atoms with Crippen molar-refractivity contribution >= 4 is 11.7 Å². The third-order valence-electron chi connectivity index (χ3n) is 3.74. The summed E-state index contributed by atoms with van der Waals surface area (Å²) in [6.07, 6.45) is 1.00. The van der Waals surface area contributed by atoms with E-state index in [9.17, 15) is 14.9 Å². The van der Waals surface area contributed by atoms with E-state index in [0.29, 0.717) is 11.7 Å². The maximum Gasteiger partial charge on any atom is 0.318 e. The molecule has 0 saturated carbocycles. The molecule has 0 aliphatic rings. The molecule has 126 valence electrons. The Bertz CT molecular complexity index is 705. The molecule has 0 fully saturated rings. The molecule has 0 aliphatic carbocycles. The number of benzene rings is 2. The zero-order valence-electron chi connectivity index (χ0n) is 14.1. The second kappa shape index (κ2) is 7.73. The van der Waals surface area contributed by atoms with Crippen LogP contribution in [0.15, 0.2) is 48.5 Å². The van der Waals surface area contributed by atoms with Crippen molar-refractivity contribution < 1.29 is 14.5 Å². The number of nitro groups is 1. The van der Waals surface area contributed by atoms with E-state index in [1.54, 1.807) is 6.92 Å². The third-order valence-corrected chi connectivity index (χ3v) is 3.74. The maximum absolute atomic E-state index is 12.2. The second-order valence-corrected chi connectivity index (χ2v) is 6.23. The van der Waals surface area contributed by atoms with E-state index in [2.05, 4.69) is 13.8 Å². The molecule has 0 saturated heterocycles. The van der Waals surface area contributed by atoms with Crippen molar-refractivity contribution in [1.29, 1.82) is 0 Å². The first-order valence-corrected chi connectivity index (χ1v) is 7.92. The van der Waals surface area contributed by atoms with E-state index < -0.39 is 10.8 Å². The van der Waals surface area contributed by atoms with Gasteiger partial charge in [0.1, 0.15) is 5.75 Å². The van der Waals surface area contributed by atoms with Gasteiger partial charge in [-0.05, 0) is 42.5 Å². The second-order valence-electron chi connectivity index (χ2n) is 6.23. The molecule has 0 spiro atoms. The fourth-order valence-corrected chi connectivity index (χ4v) is 2.39. The molecule has 0 N–H and O–H groups in total. The molecule has 0 amide bonds. The van der Waals surface area contributed by atoms with Gasteiger partial charge in [-0.2, -0.15) is 0 Å². The van der Waals surface area contributed by atoms with Gasteiger partial charge in [-0.25, -0.2) is 0 Å². The zero-order valence-corrected chi connectivity index (χ0v) is 14.1. The summed E-state index contributed by atoms with van der Waals surface area (Å²) >= 11 is 0. The van der Waals surface area contributed by atoms with E-state index in [0.717, 1.165) is 12.0 Å². The summed E-state index contributed by atoms with van der Waals surface area (Å²) in [5, 5.41) is 10.6. The van der Waals surface area contributed by atoms with Crippen molar-refractivity contribution in [2.45, 2.75) is 33.1 Å². The minimum atomic E-state index is -0.493. The van der Waals surface area contributed by atoms with Gasteiger partial charge < -0.3 is 4.74 Å². The normalized spacial score (nSPS) is 12.0. The number of hydrogen-bond acceptors (Lipinski definition) is 4. The summed E-state index contributed by atoms with van der Waals surface area (Å²) in [6, 6.07) is 13.4. The largest absolute Gasteiger partial charge is 0.426 e. The Morgan fingerprint density at radius 3 is 2.12 bits per heavy atom. The van der Waals surface area contributed by atoms with Crippen LogP contribution in [0.2, 0.25) is 0 Å². The number of nitrogens with zero attached hydrogens (tertiary/aromatic N) is 1. The highest BCUT2D eigenvalue weighted by molar-refractivity contribution is 5.80. The number of hydrogen-bond donors (Lipinski definition) is 0. The van der Waals surface area contributed by atoms with E-state index in [1.807, 2.05) is 24.3 Å². The van der Waals surface area contributed by atoms with E-state index >= 15 is 0 Å². The van der Waals surface area contributed by atoms with E-state index in [-0.39, 0.29) is 11.7 Å². The van der Waals surface area contributed by atoms with Crippen LogP contribution in [0.3, 0.4) is 0 Å². The molecule has 0 bridgehead atoms.